The van der Waals surface area contributed by atoms with Crippen molar-refractivity contribution in [2.45, 2.75) is 59.8 Å². The summed E-state index contributed by atoms with van der Waals surface area (Å²) in [5.74, 6) is 0.356. The van der Waals surface area contributed by atoms with Crippen molar-refractivity contribution in [1.29, 1.82) is 0 Å². The van der Waals surface area contributed by atoms with E-state index in [0.29, 0.717) is 11.2 Å². The number of carbonyl (C=O) groups is 1. The standard InChI is InChI=1S/C10H18O.CH4/c1-9(11)8-10(2)6-4-3-5-7-10;/h3-8H2,1-2H3;1H4. The van der Waals surface area contributed by atoms with Gasteiger partial charge >= 0.3 is 0 Å². The fourth-order valence-electron chi connectivity index (χ4n) is 2.18. The van der Waals surface area contributed by atoms with E-state index in [2.05, 4.69) is 6.92 Å². The van der Waals surface area contributed by atoms with E-state index >= 15 is 0 Å². The molecule has 1 aliphatic rings. The largest absolute Gasteiger partial charge is 0.300 e. The van der Waals surface area contributed by atoms with Crippen LogP contribution in [0.3, 0.4) is 0 Å². The van der Waals surface area contributed by atoms with Crippen molar-refractivity contribution in [2.75, 3.05) is 0 Å². The first-order valence-electron chi connectivity index (χ1n) is 4.62. The minimum Gasteiger partial charge on any atom is -0.300 e. The van der Waals surface area contributed by atoms with Crippen molar-refractivity contribution >= 4 is 5.78 Å². The van der Waals surface area contributed by atoms with Crippen molar-refractivity contribution in [3.8, 4) is 0 Å². The second-order valence-electron chi connectivity index (χ2n) is 4.25. The highest BCUT2D eigenvalue weighted by atomic mass is 16.1. The monoisotopic (exact) mass is 170 g/mol. The van der Waals surface area contributed by atoms with Crippen LogP contribution in [-0.2, 0) is 4.79 Å². The van der Waals surface area contributed by atoms with E-state index in [1.807, 2.05) is 0 Å². The normalized spacial score (nSPS) is 21.2. The number of carbonyl (C=O) groups excluding carboxylic acids is 1. The van der Waals surface area contributed by atoms with E-state index in [4.69, 9.17) is 0 Å². The molecule has 0 aliphatic heterocycles. The lowest BCUT2D eigenvalue weighted by Gasteiger charge is -2.32. The molecule has 1 fully saturated rings. The molecule has 1 heteroatoms. The molecule has 1 nitrogen and oxygen atoms in total. The SMILES string of the molecule is C.CC(=O)CC1(C)CCCCC1. The fraction of sp³-hybridized carbons (Fsp3) is 0.909. The number of rotatable bonds is 2. The Hall–Kier alpha value is -0.330. The van der Waals surface area contributed by atoms with E-state index in [1.165, 1.54) is 32.1 Å². The van der Waals surface area contributed by atoms with E-state index in [-0.39, 0.29) is 7.43 Å². The minimum atomic E-state index is 0. The van der Waals surface area contributed by atoms with Crippen LogP contribution in [-0.4, -0.2) is 5.78 Å². The summed E-state index contributed by atoms with van der Waals surface area (Å²) < 4.78 is 0. The number of ketones is 1. The van der Waals surface area contributed by atoms with Gasteiger partial charge in [-0.05, 0) is 25.2 Å². The lowest BCUT2D eigenvalue weighted by atomic mass is 9.73. The molecule has 72 valence electrons. The summed E-state index contributed by atoms with van der Waals surface area (Å²) in [5.41, 5.74) is 0.351. The molecule has 0 bridgehead atoms. The molecule has 0 unspecified atom stereocenters. The quantitative estimate of drug-likeness (QED) is 0.619. The van der Waals surface area contributed by atoms with Crippen LogP contribution < -0.4 is 0 Å². The van der Waals surface area contributed by atoms with Gasteiger partial charge in [0.1, 0.15) is 5.78 Å². The molecule has 0 atom stereocenters. The molecule has 0 heterocycles. The molecular weight excluding hydrogens is 148 g/mol. The Balaban J connectivity index is 0.00000121. The third kappa shape index (κ3) is 3.38. The van der Waals surface area contributed by atoms with Crippen molar-refractivity contribution < 1.29 is 4.79 Å². The maximum Gasteiger partial charge on any atom is 0.130 e. The first-order valence-corrected chi connectivity index (χ1v) is 4.62. The highest BCUT2D eigenvalue weighted by Crippen LogP contribution is 2.38. The Labute approximate surface area is 76.6 Å². The number of hydrogen-bond donors (Lipinski definition) is 0. The van der Waals surface area contributed by atoms with Gasteiger partial charge in [0.15, 0.2) is 0 Å². The van der Waals surface area contributed by atoms with E-state index < -0.39 is 0 Å². The van der Waals surface area contributed by atoms with Crippen LogP contribution in [0.2, 0.25) is 0 Å². The maximum absolute atomic E-state index is 10.9. The lowest BCUT2D eigenvalue weighted by molar-refractivity contribution is -0.119. The van der Waals surface area contributed by atoms with Crippen LogP contribution in [0.4, 0.5) is 0 Å². The number of Topliss-reactive ketones (excluding diaryl/α,β-unsaturated/α-hetero) is 1. The Morgan fingerprint density at radius 3 is 2.17 bits per heavy atom. The zero-order chi connectivity index (χ0) is 8.32. The smallest absolute Gasteiger partial charge is 0.130 e. The van der Waals surface area contributed by atoms with Gasteiger partial charge in [0.2, 0.25) is 0 Å². The predicted octanol–water partition coefficient (Wildman–Crippen LogP) is 3.57. The molecule has 1 rings (SSSR count). The number of hydrogen-bond acceptors (Lipinski definition) is 1. The Morgan fingerprint density at radius 1 is 1.25 bits per heavy atom. The minimum absolute atomic E-state index is 0. The van der Waals surface area contributed by atoms with E-state index in [0.717, 1.165) is 6.42 Å². The fourth-order valence-corrected chi connectivity index (χ4v) is 2.18. The highest BCUT2D eigenvalue weighted by Gasteiger charge is 2.27. The second-order valence-corrected chi connectivity index (χ2v) is 4.25. The Bertz CT molecular complexity index is 143. The first kappa shape index (κ1) is 11.7. The zero-order valence-corrected chi connectivity index (χ0v) is 7.65. The molecule has 0 aromatic heterocycles. The van der Waals surface area contributed by atoms with Crippen LogP contribution in [0.25, 0.3) is 0 Å². The summed E-state index contributed by atoms with van der Waals surface area (Å²) in [7, 11) is 0. The molecule has 0 aromatic rings. The zero-order valence-electron chi connectivity index (χ0n) is 7.65. The highest BCUT2D eigenvalue weighted by molar-refractivity contribution is 5.76. The topological polar surface area (TPSA) is 17.1 Å². The summed E-state index contributed by atoms with van der Waals surface area (Å²) in [6.45, 7) is 3.97. The van der Waals surface area contributed by atoms with Gasteiger partial charge in [-0.1, -0.05) is 33.6 Å². The Morgan fingerprint density at radius 2 is 1.75 bits per heavy atom. The average Bonchev–Trinajstić information content (AvgIpc) is 1.85. The van der Waals surface area contributed by atoms with Crippen LogP contribution >= 0.6 is 0 Å². The third-order valence-electron chi connectivity index (χ3n) is 2.74. The molecule has 0 spiro atoms. The Kier molecular flexibility index (Phi) is 4.51. The summed E-state index contributed by atoms with van der Waals surface area (Å²) in [6.07, 6.45) is 7.33. The van der Waals surface area contributed by atoms with Gasteiger partial charge in [0.25, 0.3) is 0 Å². The molecular formula is C11H22O. The molecule has 0 amide bonds. The molecule has 0 aromatic carbocycles. The van der Waals surface area contributed by atoms with Gasteiger partial charge in [-0.3, -0.25) is 0 Å². The lowest BCUT2D eigenvalue weighted by Crippen LogP contribution is -2.22. The summed E-state index contributed by atoms with van der Waals surface area (Å²) >= 11 is 0. The van der Waals surface area contributed by atoms with Crippen LogP contribution in [0, 0.1) is 5.41 Å². The molecule has 0 saturated heterocycles. The van der Waals surface area contributed by atoms with Gasteiger partial charge in [-0.15, -0.1) is 0 Å². The maximum atomic E-state index is 10.9. The molecule has 0 N–H and O–H groups in total. The third-order valence-corrected chi connectivity index (χ3v) is 2.74. The average molecular weight is 170 g/mol. The van der Waals surface area contributed by atoms with Crippen LogP contribution in [0.5, 0.6) is 0 Å². The summed E-state index contributed by atoms with van der Waals surface area (Å²) in [6, 6.07) is 0. The summed E-state index contributed by atoms with van der Waals surface area (Å²) in [4.78, 5) is 10.9. The van der Waals surface area contributed by atoms with Crippen molar-refractivity contribution in [2.24, 2.45) is 5.41 Å². The molecule has 12 heavy (non-hydrogen) atoms. The van der Waals surface area contributed by atoms with Crippen molar-refractivity contribution in [3.05, 3.63) is 0 Å². The van der Waals surface area contributed by atoms with Gasteiger partial charge in [0, 0.05) is 6.42 Å². The molecule has 1 saturated carbocycles. The summed E-state index contributed by atoms with van der Waals surface area (Å²) in [5, 5.41) is 0. The van der Waals surface area contributed by atoms with Crippen LogP contribution in [0.1, 0.15) is 59.8 Å². The molecule has 1 aliphatic carbocycles. The van der Waals surface area contributed by atoms with Crippen LogP contribution in [0.15, 0.2) is 0 Å². The molecule has 0 radical (unpaired) electrons. The van der Waals surface area contributed by atoms with Gasteiger partial charge in [-0.25, -0.2) is 0 Å². The van der Waals surface area contributed by atoms with Crippen molar-refractivity contribution in [1.82, 2.24) is 0 Å². The van der Waals surface area contributed by atoms with E-state index in [9.17, 15) is 4.79 Å². The van der Waals surface area contributed by atoms with Gasteiger partial charge < -0.3 is 4.79 Å². The van der Waals surface area contributed by atoms with Gasteiger partial charge in [-0.2, -0.15) is 0 Å². The van der Waals surface area contributed by atoms with Crippen molar-refractivity contribution in [3.63, 3.8) is 0 Å². The second kappa shape index (κ2) is 4.64. The first-order chi connectivity index (χ1) is 5.12. The predicted molar refractivity (Wildman–Crippen MR) is 53.2 cm³/mol. The van der Waals surface area contributed by atoms with E-state index in [1.54, 1.807) is 6.92 Å². The van der Waals surface area contributed by atoms with Gasteiger partial charge in [0.05, 0.1) is 0 Å².